The van der Waals surface area contributed by atoms with E-state index in [9.17, 15) is 18.0 Å². The maximum absolute atomic E-state index is 12.9. The van der Waals surface area contributed by atoms with Crippen LogP contribution in [0.4, 0.5) is 18.9 Å². The summed E-state index contributed by atoms with van der Waals surface area (Å²) in [7, 11) is 0. The van der Waals surface area contributed by atoms with Crippen molar-refractivity contribution in [1.82, 2.24) is 4.90 Å². The van der Waals surface area contributed by atoms with Crippen molar-refractivity contribution in [2.45, 2.75) is 25.6 Å². The molecule has 2 aromatic carbocycles. The molecule has 150 valence electrons. The summed E-state index contributed by atoms with van der Waals surface area (Å²) in [5, 5.41) is 3.35. The molecule has 1 fully saturated rings. The maximum Gasteiger partial charge on any atom is 0.416 e. The van der Waals surface area contributed by atoms with Gasteiger partial charge in [0.15, 0.2) is 0 Å². The Labute approximate surface area is 171 Å². The van der Waals surface area contributed by atoms with Crippen LogP contribution in [0.2, 0.25) is 10.0 Å². The van der Waals surface area contributed by atoms with E-state index in [0.29, 0.717) is 37.5 Å². The van der Waals surface area contributed by atoms with Gasteiger partial charge in [0, 0.05) is 17.5 Å². The molecule has 3 nitrogen and oxygen atoms in total. The third kappa shape index (κ3) is 5.19. The van der Waals surface area contributed by atoms with E-state index in [1.54, 1.807) is 0 Å². The SMILES string of the molecule is O=C(Nc1cc(C(F)(F)F)ccc1Cl)C1CCN(Cc2ccccc2Cl)CC1. The highest BCUT2D eigenvalue weighted by atomic mass is 35.5. The summed E-state index contributed by atoms with van der Waals surface area (Å²) in [6, 6.07) is 10.5. The van der Waals surface area contributed by atoms with Crippen LogP contribution < -0.4 is 5.32 Å². The summed E-state index contributed by atoms with van der Waals surface area (Å²) in [5.41, 5.74) is 0.171. The predicted octanol–water partition coefficient (Wildman–Crippen LogP) is 5.86. The minimum atomic E-state index is -4.49. The number of carbonyl (C=O) groups is 1. The maximum atomic E-state index is 12.9. The fourth-order valence-corrected chi connectivity index (χ4v) is 3.61. The van der Waals surface area contributed by atoms with E-state index in [1.165, 1.54) is 0 Å². The molecular weight excluding hydrogens is 412 g/mol. The van der Waals surface area contributed by atoms with Crippen molar-refractivity contribution >= 4 is 34.8 Å². The van der Waals surface area contributed by atoms with Crippen LogP contribution in [0.1, 0.15) is 24.0 Å². The summed E-state index contributed by atoms with van der Waals surface area (Å²) in [4.78, 5) is 14.7. The van der Waals surface area contributed by atoms with Crippen molar-refractivity contribution in [3.8, 4) is 0 Å². The number of hydrogen-bond donors (Lipinski definition) is 1. The van der Waals surface area contributed by atoms with Gasteiger partial charge in [0.25, 0.3) is 0 Å². The van der Waals surface area contributed by atoms with Crippen LogP contribution in [0.3, 0.4) is 0 Å². The average molecular weight is 431 g/mol. The number of nitrogens with one attached hydrogen (secondary N) is 1. The molecule has 1 heterocycles. The van der Waals surface area contributed by atoms with Gasteiger partial charge in [-0.1, -0.05) is 41.4 Å². The van der Waals surface area contributed by atoms with E-state index >= 15 is 0 Å². The zero-order chi connectivity index (χ0) is 20.3. The van der Waals surface area contributed by atoms with Gasteiger partial charge in [-0.3, -0.25) is 9.69 Å². The van der Waals surface area contributed by atoms with Gasteiger partial charge in [0.1, 0.15) is 0 Å². The normalized spacial score (nSPS) is 16.2. The van der Waals surface area contributed by atoms with Crippen molar-refractivity contribution in [2.75, 3.05) is 18.4 Å². The lowest BCUT2D eigenvalue weighted by molar-refractivity contribution is -0.137. The van der Waals surface area contributed by atoms with Gasteiger partial charge in [0.2, 0.25) is 5.91 Å². The first-order chi connectivity index (χ1) is 13.2. The minimum Gasteiger partial charge on any atom is -0.325 e. The molecule has 0 unspecified atom stereocenters. The molecule has 0 aliphatic carbocycles. The Hall–Kier alpha value is -1.76. The Balaban J connectivity index is 1.58. The van der Waals surface area contributed by atoms with E-state index in [1.807, 2.05) is 24.3 Å². The summed E-state index contributed by atoms with van der Waals surface area (Å²) >= 11 is 12.1. The molecule has 1 amide bonds. The molecule has 0 saturated carbocycles. The Morgan fingerprint density at radius 3 is 2.39 bits per heavy atom. The predicted molar refractivity (Wildman–Crippen MR) is 105 cm³/mol. The second-order valence-corrected chi connectivity index (χ2v) is 7.64. The fourth-order valence-electron chi connectivity index (χ4n) is 3.25. The standard InChI is InChI=1S/C20H19Cl2F3N2O/c21-16-4-2-1-3-14(16)12-27-9-7-13(8-10-27)19(28)26-18-11-15(20(23,24)25)5-6-17(18)22/h1-6,11,13H,7-10,12H2,(H,26,28). The number of rotatable bonds is 4. The lowest BCUT2D eigenvalue weighted by Crippen LogP contribution is -2.37. The van der Waals surface area contributed by atoms with Crippen molar-refractivity contribution in [3.63, 3.8) is 0 Å². The third-order valence-corrected chi connectivity index (χ3v) is 5.56. The van der Waals surface area contributed by atoms with Gasteiger partial charge in [0.05, 0.1) is 16.3 Å². The van der Waals surface area contributed by atoms with Crippen LogP contribution in [0.5, 0.6) is 0 Å². The van der Waals surface area contributed by atoms with E-state index in [0.717, 1.165) is 23.8 Å². The van der Waals surface area contributed by atoms with Gasteiger partial charge < -0.3 is 5.32 Å². The molecule has 1 saturated heterocycles. The van der Waals surface area contributed by atoms with Crippen molar-refractivity contribution in [1.29, 1.82) is 0 Å². The molecule has 1 aliphatic rings. The van der Waals surface area contributed by atoms with Crippen LogP contribution in [0, 0.1) is 5.92 Å². The third-order valence-electron chi connectivity index (χ3n) is 4.86. The van der Waals surface area contributed by atoms with Gasteiger partial charge in [-0.05, 0) is 55.8 Å². The highest BCUT2D eigenvalue weighted by Crippen LogP contribution is 2.34. The minimum absolute atomic E-state index is 0.0139. The number of likely N-dealkylation sites (tertiary alicyclic amines) is 1. The number of amides is 1. The van der Waals surface area contributed by atoms with Crippen molar-refractivity contribution < 1.29 is 18.0 Å². The Kier molecular flexibility index (Phi) is 6.53. The lowest BCUT2D eigenvalue weighted by atomic mass is 9.95. The highest BCUT2D eigenvalue weighted by molar-refractivity contribution is 6.33. The van der Waals surface area contributed by atoms with E-state index in [4.69, 9.17) is 23.2 Å². The lowest BCUT2D eigenvalue weighted by Gasteiger charge is -2.31. The molecule has 0 bridgehead atoms. The number of hydrogen-bond acceptors (Lipinski definition) is 2. The van der Waals surface area contributed by atoms with Gasteiger partial charge >= 0.3 is 6.18 Å². The number of nitrogens with zero attached hydrogens (tertiary/aromatic N) is 1. The molecule has 2 aromatic rings. The second-order valence-electron chi connectivity index (χ2n) is 6.82. The van der Waals surface area contributed by atoms with E-state index in [-0.39, 0.29) is 22.5 Å². The molecule has 0 radical (unpaired) electrons. The Morgan fingerprint density at radius 1 is 1.07 bits per heavy atom. The number of anilines is 1. The fraction of sp³-hybridized carbons (Fsp3) is 0.350. The van der Waals surface area contributed by atoms with Crippen LogP contribution >= 0.6 is 23.2 Å². The average Bonchev–Trinajstić information content (AvgIpc) is 2.65. The first-order valence-electron chi connectivity index (χ1n) is 8.87. The van der Waals surface area contributed by atoms with Crippen LogP contribution in [-0.2, 0) is 17.5 Å². The topological polar surface area (TPSA) is 32.3 Å². The number of carbonyl (C=O) groups excluding carboxylic acids is 1. The first kappa shape index (κ1) is 21.0. The molecule has 0 atom stereocenters. The molecule has 8 heteroatoms. The number of piperidine rings is 1. The molecule has 0 aromatic heterocycles. The summed E-state index contributed by atoms with van der Waals surface area (Å²) in [5.74, 6) is -0.577. The molecule has 3 rings (SSSR count). The molecular formula is C20H19Cl2F3N2O. The monoisotopic (exact) mass is 430 g/mol. The quantitative estimate of drug-likeness (QED) is 0.658. The van der Waals surface area contributed by atoms with E-state index in [2.05, 4.69) is 10.2 Å². The number of alkyl halides is 3. The van der Waals surface area contributed by atoms with Crippen molar-refractivity contribution in [3.05, 3.63) is 63.6 Å². The van der Waals surface area contributed by atoms with Crippen molar-refractivity contribution in [2.24, 2.45) is 5.92 Å². The van der Waals surface area contributed by atoms with Gasteiger partial charge in [-0.25, -0.2) is 0 Å². The van der Waals surface area contributed by atoms with E-state index < -0.39 is 11.7 Å². The zero-order valence-electron chi connectivity index (χ0n) is 14.9. The Morgan fingerprint density at radius 2 is 1.75 bits per heavy atom. The molecule has 0 spiro atoms. The largest absolute Gasteiger partial charge is 0.416 e. The first-order valence-corrected chi connectivity index (χ1v) is 9.63. The Bertz CT molecular complexity index is 850. The van der Waals surface area contributed by atoms with Crippen LogP contribution in [0.25, 0.3) is 0 Å². The summed E-state index contributed by atoms with van der Waals surface area (Å²) < 4.78 is 38.6. The molecule has 1 N–H and O–H groups in total. The molecule has 1 aliphatic heterocycles. The van der Waals surface area contributed by atoms with Gasteiger partial charge in [-0.2, -0.15) is 13.2 Å². The number of benzene rings is 2. The van der Waals surface area contributed by atoms with Crippen LogP contribution in [-0.4, -0.2) is 23.9 Å². The second kappa shape index (κ2) is 8.72. The van der Waals surface area contributed by atoms with Gasteiger partial charge in [-0.15, -0.1) is 0 Å². The number of halogens is 5. The zero-order valence-corrected chi connectivity index (χ0v) is 16.4. The molecule has 28 heavy (non-hydrogen) atoms. The smallest absolute Gasteiger partial charge is 0.325 e. The summed E-state index contributed by atoms with van der Waals surface area (Å²) in [6.07, 6.45) is -3.26. The summed E-state index contributed by atoms with van der Waals surface area (Å²) in [6.45, 7) is 2.12. The van der Waals surface area contributed by atoms with Crippen LogP contribution in [0.15, 0.2) is 42.5 Å². The highest BCUT2D eigenvalue weighted by Gasteiger charge is 2.32.